The number of furan rings is 2. The number of thiophene rings is 1. The summed E-state index contributed by atoms with van der Waals surface area (Å²) < 4.78 is 18.9. The van der Waals surface area contributed by atoms with Gasteiger partial charge in [-0.1, -0.05) is 158 Å². The van der Waals surface area contributed by atoms with E-state index >= 15 is 0 Å². The van der Waals surface area contributed by atoms with Crippen LogP contribution in [0.3, 0.4) is 0 Å². The summed E-state index contributed by atoms with van der Waals surface area (Å²) in [5.41, 5.74) is 24.0. The number of para-hydroxylation sites is 3. The van der Waals surface area contributed by atoms with Gasteiger partial charge < -0.3 is 28.2 Å². The van der Waals surface area contributed by atoms with E-state index < -0.39 is 0 Å². The Balaban J connectivity index is 0.960. The number of fused-ring (bicyclic) bond motifs is 20. The van der Waals surface area contributed by atoms with Gasteiger partial charge in [-0.05, 0) is 148 Å². The predicted octanol–water partition coefficient (Wildman–Crippen LogP) is 20.0. The van der Waals surface area contributed by atoms with E-state index in [0.29, 0.717) is 0 Å². The van der Waals surface area contributed by atoms with Gasteiger partial charge in [-0.15, -0.1) is 11.3 Å². The van der Waals surface area contributed by atoms with Gasteiger partial charge in [0, 0.05) is 81.6 Å². The van der Waals surface area contributed by atoms with Gasteiger partial charge in [0.1, 0.15) is 22.3 Å². The maximum Gasteiger partial charge on any atom is 0.252 e. The maximum absolute atomic E-state index is 6.96. The molecule has 1 N–H and O–H groups in total. The number of rotatable bonds is 5. The second kappa shape index (κ2) is 17.3. The standard InChI is InChI=1S/C78H45BN4O2S/c1-3-17-45(18-4-1)47-33-37-69-56(39-47)74-65(28-15-30-71(74)84-69)82-67-42-54-50-21-7-11-25-60(50)80-61(54)44-59(67)79-58-41-49(81-62-26-12-8-22-51(62)52-23-9-13-27-63(52)81)35-36-64(58)83(77-76(79)68(82)43-55-53-24-10-14-32-73(53)86-78(55)77)66-29-16-31-72-75(66)57-40-48(34-38-70(57)85-72)46-19-5-2-6-20-46/h1-44,80H. The fourth-order valence-electron chi connectivity index (χ4n) is 15.0. The molecule has 8 heteroatoms. The first kappa shape index (κ1) is 46.4. The van der Waals surface area contributed by atoms with Gasteiger partial charge in [0.15, 0.2) is 0 Å². The van der Waals surface area contributed by atoms with E-state index in [1.54, 1.807) is 0 Å². The molecule has 0 atom stereocenters. The van der Waals surface area contributed by atoms with Crippen LogP contribution in [0.15, 0.2) is 276 Å². The van der Waals surface area contributed by atoms with Crippen molar-refractivity contribution < 1.29 is 8.83 Å². The van der Waals surface area contributed by atoms with E-state index in [4.69, 9.17) is 8.83 Å². The van der Waals surface area contributed by atoms with E-state index in [1.807, 2.05) is 11.3 Å². The van der Waals surface area contributed by atoms with Crippen molar-refractivity contribution in [3.63, 3.8) is 0 Å². The zero-order chi connectivity index (χ0) is 55.9. The van der Waals surface area contributed by atoms with Crippen molar-refractivity contribution in [2.75, 3.05) is 9.80 Å². The molecule has 0 radical (unpaired) electrons. The van der Waals surface area contributed by atoms with Crippen LogP contribution in [0.2, 0.25) is 0 Å². The first-order chi connectivity index (χ1) is 42.6. The lowest BCUT2D eigenvalue weighted by Crippen LogP contribution is -2.61. The van der Waals surface area contributed by atoms with Gasteiger partial charge >= 0.3 is 0 Å². The van der Waals surface area contributed by atoms with Crippen molar-refractivity contribution in [1.82, 2.24) is 9.55 Å². The van der Waals surface area contributed by atoms with Crippen molar-refractivity contribution in [3.05, 3.63) is 267 Å². The van der Waals surface area contributed by atoms with Crippen molar-refractivity contribution in [2.24, 2.45) is 0 Å². The molecular formula is C78H45BN4O2S. The first-order valence-electron chi connectivity index (χ1n) is 29.4. The molecule has 5 aromatic heterocycles. The molecule has 398 valence electrons. The lowest BCUT2D eigenvalue weighted by atomic mass is 9.33. The minimum absolute atomic E-state index is 0.231. The summed E-state index contributed by atoms with van der Waals surface area (Å²) in [5.74, 6) is 0. The molecule has 0 fully saturated rings. The van der Waals surface area contributed by atoms with E-state index in [1.165, 1.54) is 74.8 Å². The average molecular weight is 1110 g/mol. The van der Waals surface area contributed by atoms with E-state index in [2.05, 4.69) is 286 Å². The Morgan fingerprint density at radius 3 is 1.58 bits per heavy atom. The maximum atomic E-state index is 6.96. The van der Waals surface area contributed by atoms with Crippen LogP contribution >= 0.6 is 11.3 Å². The largest absolute Gasteiger partial charge is 0.456 e. The van der Waals surface area contributed by atoms with Gasteiger partial charge in [0.25, 0.3) is 6.71 Å². The van der Waals surface area contributed by atoms with Crippen LogP contribution in [0.1, 0.15) is 0 Å². The average Bonchev–Trinajstić information content (AvgIpc) is 1.12. The summed E-state index contributed by atoms with van der Waals surface area (Å²) in [4.78, 5) is 9.15. The molecule has 18 aromatic rings. The molecule has 7 heterocycles. The van der Waals surface area contributed by atoms with Gasteiger partial charge in [-0.2, -0.15) is 0 Å². The van der Waals surface area contributed by atoms with Gasteiger partial charge in [-0.3, -0.25) is 0 Å². The van der Waals surface area contributed by atoms with Crippen molar-refractivity contribution in [1.29, 1.82) is 0 Å². The predicted molar refractivity (Wildman–Crippen MR) is 362 cm³/mol. The van der Waals surface area contributed by atoms with Crippen molar-refractivity contribution in [3.8, 4) is 27.9 Å². The molecule has 0 saturated carbocycles. The number of hydrogen-bond donors (Lipinski definition) is 1. The minimum atomic E-state index is -0.231. The number of H-pyrrole nitrogens is 1. The molecule has 0 amide bonds. The highest BCUT2D eigenvalue weighted by Crippen LogP contribution is 2.55. The Hall–Kier alpha value is -11.1. The first-order valence-corrected chi connectivity index (χ1v) is 30.2. The van der Waals surface area contributed by atoms with Crippen LogP contribution in [0.5, 0.6) is 0 Å². The quantitative estimate of drug-likeness (QED) is 0.175. The Bertz CT molecular complexity index is 5900. The van der Waals surface area contributed by atoms with Crippen LogP contribution in [0, 0.1) is 0 Å². The van der Waals surface area contributed by atoms with Crippen LogP contribution < -0.4 is 26.2 Å². The summed E-state index contributed by atoms with van der Waals surface area (Å²) in [6, 6.07) is 98.2. The lowest BCUT2D eigenvalue weighted by Gasteiger charge is -2.44. The molecule has 2 aliphatic heterocycles. The molecular weight excluding hydrogens is 1070 g/mol. The summed E-state index contributed by atoms with van der Waals surface area (Å²) in [7, 11) is 0. The second-order valence-corrected chi connectivity index (χ2v) is 24.2. The van der Waals surface area contributed by atoms with E-state index in [0.717, 1.165) is 111 Å². The van der Waals surface area contributed by atoms with Crippen LogP contribution in [-0.2, 0) is 0 Å². The SMILES string of the molecule is c1ccc(-c2ccc3oc4cccc(N5c6cc7c(cc6B6c8cc(-n9c%10ccccc%10c%10ccccc%109)ccc8N(c8cccc9oc%10ccc(-c%11ccccc%11)cc%10c89)c8c6c5cc5c8sc6ccccc65)[nH]c5ccccc57)c4c3c2)cc1. The van der Waals surface area contributed by atoms with E-state index in [9.17, 15) is 0 Å². The normalized spacial score (nSPS) is 13.0. The monoisotopic (exact) mass is 1110 g/mol. The van der Waals surface area contributed by atoms with Gasteiger partial charge in [0.2, 0.25) is 0 Å². The van der Waals surface area contributed by atoms with Gasteiger partial charge in [-0.25, -0.2) is 0 Å². The zero-order valence-corrected chi connectivity index (χ0v) is 46.9. The fourth-order valence-corrected chi connectivity index (χ4v) is 16.3. The molecule has 6 nitrogen and oxygen atoms in total. The zero-order valence-electron chi connectivity index (χ0n) is 46.0. The third kappa shape index (κ3) is 6.34. The summed E-state index contributed by atoms with van der Waals surface area (Å²) in [6.07, 6.45) is 0. The number of anilines is 6. The van der Waals surface area contributed by atoms with Gasteiger partial charge in [0.05, 0.1) is 43.6 Å². The lowest BCUT2D eigenvalue weighted by molar-refractivity contribution is 0.668. The Labute approximate surface area is 496 Å². The smallest absolute Gasteiger partial charge is 0.252 e. The number of hydrogen-bond acceptors (Lipinski definition) is 5. The van der Waals surface area contributed by atoms with Crippen LogP contribution in [0.4, 0.5) is 34.1 Å². The fraction of sp³-hybridized carbons (Fsp3) is 0. The highest BCUT2D eigenvalue weighted by Gasteiger charge is 2.46. The minimum Gasteiger partial charge on any atom is -0.456 e. The number of benzene rings is 13. The number of nitrogens with zero attached hydrogens (tertiary/aromatic N) is 3. The molecule has 20 rings (SSSR count). The number of aromatic nitrogens is 2. The summed E-state index contributed by atoms with van der Waals surface area (Å²) in [5, 5.41) is 11.5. The van der Waals surface area contributed by atoms with Crippen LogP contribution in [-0.4, -0.2) is 16.3 Å². The highest BCUT2D eigenvalue weighted by molar-refractivity contribution is 7.26. The highest BCUT2D eigenvalue weighted by atomic mass is 32.1. The third-order valence-electron chi connectivity index (χ3n) is 18.7. The molecule has 0 spiro atoms. The van der Waals surface area contributed by atoms with Crippen molar-refractivity contribution in [2.45, 2.75) is 0 Å². The second-order valence-electron chi connectivity index (χ2n) is 23.1. The molecule has 0 saturated heterocycles. The number of aromatic amines is 1. The molecule has 0 unspecified atom stereocenters. The Kier molecular flexibility index (Phi) is 9.32. The topological polar surface area (TPSA) is 53.5 Å². The molecule has 0 bridgehead atoms. The van der Waals surface area contributed by atoms with E-state index in [-0.39, 0.29) is 6.71 Å². The van der Waals surface area contributed by atoms with Crippen LogP contribution in [0.25, 0.3) is 136 Å². The summed E-state index contributed by atoms with van der Waals surface area (Å²) >= 11 is 1.89. The molecule has 0 aliphatic carbocycles. The Morgan fingerprint density at radius 2 is 0.907 bits per heavy atom. The Morgan fingerprint density at radius 1 is 0.337 bits per heavy atom. The molecule has 2 aliphatic rings. The third-order valence-corrected chi connectivity index (χ3v) is 19.9. The summed E-state index contributed by atoms with van der Waals surface area (Å²) in [6.45, 7) is -0.231. The van der Waals surface area contributed by atoms with Crippen molar-refractivity contribution >= 4 is 176 Å². The molecule has 86 heavy (non-hydrogen) atoms. The number of nitrogens with one attached hydrogen (secondary N) is 1. The molecule has 13 aromatic carbocycles.